The van der Waals surface area contributed by atoms with E-state index in [1.54, 1.807) is 6.20 Å². The Labute approximate surface area is 364 Å². The largest absolute Gasteiger partial charge is 3.00 e. The van der Waals surface area contributed by atoms with Gasteiger partial charge in [0, 0.05) is 37.2 Å². The van der Waals surface area contributed by atoms with E-state index in [1.165, 1.54) is 33.4 Å². The molecule has 0 N–H and O–H groups in total. The van der Waals surface area contributed by atoms with Gasteiger partial charge in [0.05, 0.1) is 11.4 Å². The van der Waals surface area contributed by atoms with Crippen molar-refractivity contribution in [3.63, 3.8) is 0 Å². The zero-order valence-corrected chi connectivity index (χ0v) is 35.6. The monoisotopic (exact) mass is 954 g/mol. The number of para-hydroxylation sites is 1. The Morgan fingerprint density at radius 3 is 1.92 bits per heavy atom. The SMILES string of the molecule is Cn1ccnc1-c1[c-]ccc2c1oc1ccccc12.[Ir+3].[c-]1cc(CCc2ccccc2-c2ccccc2CCc2ccc(-c3[c-]cccc3)nc2)ccc1-c1ccccn1. The first-order valence-electron chi connectivity index (χ1n) is 20.0. The van der Waals surface area contributed by atoms with E-state index < -0.39 is 0 Å². The van der Waals surface area contributed by atoms with Crippen molar-refractivity contribution in [3.05, 3.63) is 223 Å². The topological polar surface area (TPSA) is 56.7 Å². The van der Waals surface area contributed by atoms with E-state index in [-0.39, 0.29) is 20.1 Å². The number of hydrogen-bond donors (Lipinski definition) is 0. The molecule has 292 valence electrons. The van der Waals surface area contributed by atoms with Gasteiger partial charge in [0.1, 0.15) is 5.58 Å². The average molecular weight is 954 g/mol. The van der Waals surface area contributed by atoms with Gasteiger partial charge in [-0.15, -0.1) is 89.5 Å². The minimum Gasteiger partial charge on any atom is -0.501 e. The van der Waals surface area contributed by atoms with Crippen LogP contribution >= 0.6 is 0 Å². The molecule has 5 nitrogen and oxygen atoms in total. The second kappa shape index (κ2) is 18.9. The molecule has 6 aromatic carbocycles. The third-order valence-corrected chi connectivity index (χ3v) is 10.7. The fraction of sp³-hybridized carbons (Fsp3) is 0.0926. The van der Waals surface area contributed by atoms with Gasteiger partial charge < -0.3 is 19.0 Å². The van der Waals surface area contributed by atoms with Gasteiger partial charge in [-0.05, 0) is 70.6 Å². The number of aromatic nitrogens is 4. The fourth-order valence-corrected chi connectivity index (χ4v) is 7.60. The molecule has 0 atom stereocenters. The number of aryl methyl sites for hydroxylation is 5. The Balaban J connectivity index is 0.000000207. The standard InChI is InChI=1S/C38H30N2.C16H11N2O.Ir/c1-2-12-33(13-3-1)38-26-21-30(28-40-38)20-23-32-11-5-7-15-36(32)35-14-6-4-10-31(35)22-17-29-18-24-34(25-19-29)37-16-8-9-27-39-37;1-18-10-9-17-16(18)13-7-4-6-12-11-5-2-3-8-14(11)19-15(12)13;/h1-12,14-16,18-19,21,24,26-28H,17,20,22-23H2;2-6,8-10H,1H3;/q-2;-1;+3. The molecule has 0 radical (unpaired) electrons. The molecule has 0 saturated carbocycles. The van der Waals surface area contributed by atoms with Crippen molar-refractivity contribution < 1.29 is 24.5 Å². The van der Waals surface area contributed by atoms with E-state index in [1.807, 2.05) is 103 Å². The molecule has 10 aromatic rings. The maximum atomic E-state index is 5.98. The van der Waals surface area contributed by atoms with Crippen LogP contribution in [0.1, 0.15) is 22.3 Å². The zero-order chi connectivity index (χ0) is 39.8. The van der Waals surface area contributed by atoms with E-state index in [0.29, 0.717) is 0 Å². The minimum atomic E-state index is 0. The van der Waals surface area contributed by atoms with Crippen LogP contribution in [0.2, 0.25) is 0 Å². The third-order valence-electron chi connectivity index (χ3n) is 10.7. The van der Waals surface area contributed by atoms with Gasteiger partial charge in [0.2, 0.25) is 0 Å². The summed E-state index contributed by atoms with van der Waals surface area (Å²) in [4.78, 5) is 13.5. The number of pyridine rings is 2. The Hall–Kier alpha value is -6.72. The van der Waals surface area contributed by atoms with Crippen molar-refractivity contribution in [2.24, 2.45) is 7.05 Å². The number of rotatable bonds is 10. The molecule has 0 bridgehead atoms. The van der Waals surface area contributed by atoms with Crippen LogP contribution in [-0.2, 0) is 52.8 Å². The van der Waals surface area contributed by atoms with Crippen LogP contribution in [0.4, 0.5) is 0 Å². The van der Waals surface area contributed by atoms with Crippen LogP contribution in [0.3, 0.4) is 0 Å². The Morgan fingerprint density at radius 1 is 0.533 bits per heavy atom. The minimum absolute atomic E-state index is 0. The molecule has 60 heavy (non-hydrogen) atoms. The molecular weight excluding hydrogens is 913 g/mol. The molecule has 6 heteroatoms. The van der Waals surface area contributed by atoms with Crippen LogP contribution < -0.4 is 0 Å². The van der Waals surface area contributed by atoms with Crippen molar-refractivity contribution in [3.8, 4) is 45.0 Å². The number of imidazole rings is 1. The fourth-order valence-electron chi connectivity index (χ4n) is 7.60. The van der Waals surface area contributed by atoms with Gasteiger partial charge in [-0.25, -0.2) is 0 Å². The molecule has 0 aliphatic rings. The van der Waals surface area contributed by atoms with Crippen molar-refractivity contribution in [2.45, 2.75) is 25.7 Å². The normalized spacial score (nSPS) is 10.9. The predicted molar refractivity (Wildman–Crippen MR) is 238 cm³/mol. The molecule has 0 amide bonds. The molecular formula is C54H41IrN4O. The van der Waals surface area contributed by atoms with Gasteiger partial charge in [0.25, 0.3) is 0 Å². The summed E-state index contributed by atoms with van der Waals surface area (Å²) in [5.74, 6) is 0.865. The molecule has 0 unspecified atom stereocenters. The van der Waals surface area contributed by atoms with Crippen molar-refractivity contribution in [2.75, 3.05) is 0 Å². The molecule has 0 aliphatic heterocycles. The summed E-state index contributed by atoms with van der Waals surface area (Å²) >= 11 is 0. The number of nitrogens with zero attached hydrogens (tertiary/aromatic N) is 4. The van der Waals surface area contributed by atoms with Gasteiger partial charge in [-0.3, -0.25) is 4.98 Å². The summed E-state index contributed by atoms with van der Waals surface area (Å²) in [6.45, 7) is 0. The molecule has 10 rings (SSSR count). The molecule has 4 aromatic heterocycles. The average Bonchev–Trinajstić information content (AvgIpc) is 3.92. The number of furan rings is 1. The summed E-state index contributed by atoms with van der Waals surface area (Å²) in [7, 11) is 1.97. The van der Waals surface area contributed by atoms with Crippen LogP contribution in [0.25, 0.3) is 67.0 Å². The molecule has 4 heterocycles. The van der Waals surface area contributed by atoms with Crippen LogP contribution in [-0.4, -0.2) is 19.5 Å². The maximum absolute atomic E-state index is 5.98. The van der Waals surface area contributed by atoms with Crippen LogP contribution in [0.15, 0.2) is 187 Å². The molecule has 0 fully saturated rings. The molecule has 0 spiro atoms. The first-order chi connectivity index (χ1) is 29.2. The van der Waals surface area contributed by atoms with Crippen molar-refractivity contribution in [1.29, 1.82) is 0 Å². The molecule has 0 aliphatic carbocycles. The summed E-state index contributed by atoms with van der Waals surface area (Å²) in [6.07, 6.45) is 11.4. The van der Waals surface area contributed by atoms with Crippen molar-refractivity contribution >= 4 is 21.9 Å². The second-order valence-electron chi connectivity index (χ2n) is 14.5. The summed E-state index contributed by atoms with van der Waals surface area (Å²) in [6, 6.07) is 64.2. The Bertz CT molecular complexity index is 2810. The van der Waals surface area contributed by atoms with Crippen molar-refractivity contribution in [1.82, 2.24) is 19.5 Å². The smallest absolute Gasteiger partial charge is 0.501 e. The maximum Gasteiger partial charge on any atom is 3.00 e. The second-order valence-corrected chi connectivity index (χ2v) is 14.5. The molecule has 0 saturated heterocycles. The van der Waals surface area contributed by atoms with Gasteiger partial charge in [-0.1, -0.05) is 108 Å². The van der Waals surface area contributed by atoms with E-state index in [9.17, 15) is 0 Å². The number of hydrogen-bond acceptors (Lipinski definition) is 4. The van der Waals surface area contributed by atoms with Gasteiger partial charge in [-0.2, -0.15) is 0 Å². The zero-order valence-electron chi connectivity index (χ0n) is 33.2. The predicted octanol–water partition coefficient (Wildman–Crippen LogP) is 12.4. The van der Waals surface area contributed by atoms with E-state index in [4.69, 9.17) is 9.40 Å². The Morgan fingerprint density at radius 2 is 1.23 bits per heavy atom. The summed E-state index contributed by atoms with van der Waals surface area (Å²) in [5.41, 5.74) is 14.5. The first kappa shape index (κ1) is 40.1. The van der Waals surface area contributed by atoms with Gasteiger partial charge >= 0.3 is 20.1 Å². The van der Waals surface area contributed by atoms with E-state index in [2.05, 4.69) is 113 Å². The van der Waals surface area contributed by atoms with Gasteiger partial charge in [0.15, 0.2) is 0 Å². The quantitative estimate of drug-likeness (QED) is 0.128. The summed E-state index contributed by atoms with van der Waals surface area (Å²) in [5, 5.41) is 2.23. The number of benzene rings is 6. The summed E-state index contributed by atoms with van der Waals surface area (Å²) < 4.78 is 7.95. The number of fused-ring (bicyclic) bond motifs is 3. The Kier molecular flexibility index (Phi) is 12.6. The van der Waals surface area contributed by atoms with Crippen LogP contribution in [0.5, 0.6) is 0 Å². The first-order valence-corrected chi connectivity index (χ1v) is 20.0. The van der Waals surface area contributed by atoms with E-state index in [0.717, 1.165) is 81.5 Å². The third kappa shape index (κ3) is 8.96. The van der Waals surface area contributed by atoms with E-state index >= 15 is 0 Å². The van der Waals surface area contributed by atoms with Crippen LogP contribution in [0, 0.1) is 18.2 Å².